The number of hydrogen-bond donors (Lipinski definition) is 1. The maximum Gasteiger partial charge on any atom is 0.0931 e. The van der Waals surface area contributed by atoms with E-state index in [0.29, 0.717) is 6.04 Å². The van der Waals surface area contributed by atoms with Crippen LogP contribution in [0, 0.1) is 0 Å². The first-order valence-corrected chi connectivity index (χ1v) is 6.93. The van der Waals surface area contributed by atoms with E-state index in [0.717, 1.165) is 17.3 Å². The average molecular weight is 246 g/mol. The Labute approximate surface area is 102 Å². The second-order valence-electron chi connectivity index (χ2n) is 3.79. The molecule has 1 aromatic heterocycles. The van der Waals surface area contributed by atoms with Gasteiger partial charge < -0.3 is 5.32 Å². The summed E-state index contributed by atoms with van der Waals surface area (Å²) in [5, 5.41) is 3.53. The average Bonchev–Trinajstić information content (AvgIpc) is 2.61. The Balaban J connectivity index is 2.32. The van der Waals surface area contributed by atoms with Gasteiger partial charge in [0.15, 0.2) is 0 Å². The van der Waals surface area contributed by atoms with Gasteiger partial charge in [0.25, 0.3) is 0 Å². The van der Waals surface area contributed by atoms with Crippen LogP contribution in [0.4, 0.5) is 0 Å². The lowest BCUT2D eigenvalue weighted by molar-refractivity contribution is 0.461. The summed E-state index contributed by atoms with van der Waals surface area (Å²) < 4.78 is 0.903. The molecule has 0 aliphatic carbocycles. The molecule has 0 spiro atoms. The molecule has 0 aliphatic heterocycles. The first kappa shape index (κ1) is 13.0. The molecule has 1 aromatic rings. The standard InChI is InChI=1S/C12H20ClNS/c1-3-5-10(14-4-2)6-7-11-8-9-12(13)15-11/h8-10,14H,3-7H2,1-2H3. The summed E-state index contributed by atoms with van der Waals surface area (Å²) in [5.74, 6) is 0. The molecule has 0 radical (unpaired) electrons. The Hall–Kier alpha value is -0.0500. The van der Waals surface area contributed by atoms with Crippen LogP contribution in [-0.4, -0.2) is 12.6 Å². The molecule has 1 unspecified atom stereocenters. The van der Waals surface area contributed by atoms with Crippen LogP contribution in [-0.2, 0) is 6.42 Å². The van der Waals surface area contributed by atoms with E-state index >= 15 is 0 Å². The molecule has 0 amide bonds. The van der Waals surface area contributed by atoms with Crippen molar-refractivity contribution in [3.8, 4) is 0 Å². The number of nitrogens with one attached hydrogen (secondary N) is 1. The topological polar surface area (TPSA) is 12.0 Å². The fourth-order valence-electron chi connectivity index (χ4n) is 1.79. The monoisotopic (exact) mass is 245 g/mol. The molecule has 0 aromatic carbocycles. The number of aryl methyl sites for hydroxylation is 1. The van der Waals surface area contributed by atoms with Crippen LogP contribution in [0.2, 0.25) is 4.34 Å². The SMILES string of the molecule is CCCC(CCc1ccc(Cl)s1)NCC. The molecule has 0 bridgehead atoms. The normalized spacial score (nSPS) is 13.0. The van der Waals surface area contributed by atoms with Crippen LogP contribution >= 0.6 is 22.9 Å². The van der Waals surface area contributed by atoms with Gasteiger partial charge in [-0.3, -0.25) is 0 Å². The van der Waals surface area contributed by atoms with Crippen LogP contribution < -0.4 is 5.32 Å². The first-order chi connectivity index (χ1) is 7.26. The predicted octanol–water partition coefficient (Wildman–Crippen LogP) is 4.11. The van der Waals surface area contributed by atoms with Gasteiger partial charge in [-0.05, 0) is 37.9 Å². The highest BCUT2D eigenvalue weighted by atomic mass is 35.5. The third-order valence-electron chi connectivity index (χ3n) is 2.50. The highest BCUT2D eigenvalue weighted by Gasteiger charge is 2.07. The van der Waals surface area contributed by atoms with Crippen molar-refractivity contribution >= 4 is 22.9 Å². The number of rotatable bonds is 7. The van der Waals surface area contributed by atoms with Crippen LogP contribution in [0.25, 0.3) is 0 Å². The van der Waals surface area contributed by atoms with Gasteiger partial charge in [0.2, 0.25) is 0 Å². The highest BCUT2D eigenvalue weighted by molar-refractivity contribution is 7.16. The van der Waals surface area contributed by atoms with Crippen LogP contribution in [0.15, 0.2) is 12.1 Å². The third kappa shape index (κ3) is 5.01. The van der Waals surface area contributed by atoms with Crippen molar-refractivity contribution in [1.29, 1.82) is 0 Å². The van der Waals surface area contributed by atoms with E-state index < -0.39 is 0 Å². The molecular weight excluding hydrogens is 226 g/mol. The number of hydrogen-bond acceptors (Lipinski definition) is 2. The van der Waals surface area contributed by atoms with Crippen LogP contribution in [0.3, 0.4) is 0 Å². The van der Waals surface area contributed by atoms with Crippen molar-refractivity contribution in [1.82, 2.24) is 5.32 Å². The predicted molar refractivity (Wildman–Crippen MR) is 70.0 cm³/mol. The van der Waals surface area contributed by atoms with Crippen molar-refractivity contribution < 1.29 is 0 Å². The summed E-state index contributed by atoms with van der Waals surface area (Å²) in [5.41, 5.74) is 0. The molecule has 0 saturated carbocycles. The molecule has 1 heterocycles. The molecule has 15 heavy (non-hydrogen) atoms. The van der Waals surface area contributed by atoms with Crippen molar-refractivity contribution in [2.24, 2.45) is 0 Å². The zero-order valence-electron chi connectivity index (χ0n) is 9.55. The van der Waals surface area contributed by atoms with Crippen molar-refractivity contribution in [2.45, 2.75) is 45.6 Å². The van der Waals surface area contributed by atoms with E-state index in [2.05, 4.69) is 25.2 Å². The maximum absolute atomic E-state index is 5.90. The summed E-state index contributed by atoms with van der Waals surface area (Å²) in [4.78, 5) is 1.40. The Morgan fingerprint density at radius 2 is 2.13 bits per heavy atom. The fraction of sp³-hybridized carbons (Fsp3) is 0.667. The van der Waals surface area contributed by atoms with Gasteiger partial charge in [0.1, 0.15) is 0 Å². The lowest BCUT2D eigenvalue weighted by Crippen LogP contribution is -2.29. The van der Waals surface area contributed by atoms with Gasteiger partial charge in [-0.25, -0.2) is 0 Å². The fourth-order valence-corrected chi connectivity index (χ4v) is 2.89. The Morgan fingerprint density at radius 3 is 2.67 bits per heavy atom. The van der Waals surface area contributed by atoms with Gasteiger partial charge in [-0.15, -0.1) is 11.3 Å². The molecule has 1 N–H and O–H groups in total. The third-order valence-corrected chi connectivity index (χ3v) is 3.79. The Morgan fingerprint density at radius 1 is 1.33 bits per heavy atom. The molecular formula is C12H20ClNS. The second-order valence-corrected chi connectivity index (χ2v) is 5.59. The quantitative estimate of drug-likeness (QED) is 0.762. The van der Waals surface area contributed by atoms with Gasteiger partial charge in [-0.2, -0.15) is 0 Å². The van der Waals surface area contributed by atoms with E-state index in [4.69, 9.17) is 11.6 Å². The molecule has 1 rings (SSSR count). The van der Waals surface area contributed by atoms with Crippen molar-refractivity contribution in [3.05, 3.63) is 21.3 Å². The van der Waals surface area contributed by atoms with Gasteiger partial charge in [0, 0.05) is 10.9 Å². The summed E-state index contributed by atoms with van der Waals surface area (Å²) in [7, 11) is 0. The molecule has 86 valence electrons. The molecule has 3 heteroatoms. The van der Waals surface area contributed by atoms with Crippen molar-refractivity contribution in [2.75, 3.05) is 6.54 Å². The summed E-state index contributed by atoms with van der Waals surface area (Å²) >= 11 is 7.60. The van der Waals surface area contributed by atoms with E-state index in [9.17, 15) is 0 Å². The largest absolute Gasteiger partial charge is 0.314 e. The summed E-state index contributed by atoms with van der Waals surface area (Å²) in [6.07, 6.45) is 4.89. The van der Waals surface area contributed by atoms with E-state index in [-0.39, 0.29) is 0 Å². The smallest absolute Gasteiger partial charge is 0.0931 e. The molecule has 1 atom stereocenters. The van der Waals surface area contributed by atoms with E-state index in [1.54, 1.807) is 11.3 Å². The van der Waals surface area contributed by atoms with Gasteiger partial charge in [-0.1, -0.05) is 31.9 Å². The Bertz CT molecular complexity index is 266. The van der Waals surface area contributed by atoms with Crippen LogP contribution in [0.5, 0.6) is 0 Å². The van der Waals surface area contributed by atoms with E-state index in [1.807, 2.05) is 6.07 Å². The number of thiophene rings is 1. The minimum Gasteiger partial charge on any atom is -0.314 e. The number of halogens is 1. The van der Waals surface area contributed by atoms with Gasteiger partial charge >= 0.3 is 0 Å². The van der Waals surface area contributed by atoms with Crippen LogP contribution in [0.1, 0.15) is 38.0 Å². The van der Waals surface area contributed by atoms with Crippen molar-refractivity contribution in [3.63, 3.8) is 0 Å². The first-order valence-electron chi connectivity index (χ1n) is 5.73. The molecule has 0 aliphatic rings. The summed E-state index contributed by atoms with van der Waals surface area (Å²) in [6, 6.07) is 4.80. The van der Waals surface area contributed by atoms with E-state index in [1.165, 1.54) is 24.1 Å². The molecule has 1 nitrogen and oxygen atoms in total. The Kier molecular flexibility index (Phi) is 6.30. The maximum atomic E-state index is 5.90. The minimum atomic E-state index is 0.667. The zero-order chi connectivity index (χ0) is 11.1. The zero-order valence-corrected chi connectivity index (χ0v) is 11.1. The highest BCUT2D eigenvalue weighted by Crippen LogP contribution is 2.23. The molecule has 0 saturated heterocycles. The lowest BCUT2D eigenvalue weighted by Gasteiger charge is -2.16. The minimum absolute atomic E-state index is 0.667. The van der Waals surface area contributed by atoms with Gasteiger partial charge in [0.05, 0.1) is 4.34 Å². The second kappa shape index (κ2) is 7.26. The summed E-state index contributed by atoms with van der Waals surface area (Å²) in [6.45, 7) is 5.48. The lowest BCUT2D eigenvalue weighted by atomic mass is 10.1. The molecule has 0 fully saturated rings.